The summed E-state index contributed by atoms with van der Waals surface area (Å²) < 4.78 is 49.4. The molecule has 6 nitrogen and oxygen atoms in total. The van der Waals surface area contributed by atoms with Gasteiger partial charge in [0, 0.05) is 35.5 Å². The molecule has 1 aromatic heterocycles. The number of methoxy groups -OCH3 is 1. The van der Waals surface area contributed by atoms with Crippen molar-refractivity contribution in [1.29, 1.82) is 0 Å². The second-order valence-corrected chi connectivity index (χ2v) is 11.9. The summed E-state index contributed by atoms with van der Waals surface area (Å²) >= 11 is 0. The number of carbonyl (C=O) groups excluding carboxylic acids is 1. The standard InChI is InChI=1S/C33H40F3N4O2/c1-20(2)38(21(3)4)32(41)30-22(5)17-25(18-23(30)6)40(7,8)19-29-37-31-27(33(34,35)36)11-10-12-28(31)39(29)24-13-15-26(42-9)16-14-24/h10-18,20-21H,19H2,1-9H3/q+1. The number of amides is 1. The largest absolute Gasteiger partial charge is 0.497 e. The van der Waals surface area contributed by atoms with Gasteiger partial charge in [0.2, 0.25) is 0 Å². The third kappa shape index (κ3) is 5.88. The summed E-state index contributed by atoms with van der Waals surface area (Å²) in [6, 6.07) is 15.4. The lowest BCUT2D eigenvalue weighted by Crippen LogP contribution is -2.43. The Morgan fingerprint density at radius 1 is 0.976 bits per heavy atom. The van der Waals surface area contributed by atoms with E-state index in [1.54, 1.807) is 29.9 Å². The molecule has 4 aromatic rings. The number of fused-ring (bicyclic) bond motifs is 1. The molecule has 224 valence electrons. The predicted octanol–water partition coefficient (Wildman–Crippen LogP) is 7.70. The van der Waals surface area contributed by atoms with Crippen molar-refractivity contribution in [2.75, 3.05) is 21.2 Å². The Labute approximate surface area is 245 Å². The number of quaternary nitrogens is 1. The van der Waals surface area contributed by atoms with Gasteiger partial charge in [-0.05, 0) is 89.1 Å². The van der Waals surface area contributed by atoms with Crippen LogP contribution in [0.15, 0.2) is 54.6 Å². The summed E-state index contributed by atoms with van der Waals surface area (Å²) in [7, 11) is 5.55. The highest BCUT2D eigenvalue weighted by molar-refractivity contribution is 5.98. The van der Waals surface area contributed by atoms with Crippen molar-refractivity contribution in [3.63, 3.8) is 0 Å². The second kappa shape index (κ2) is 11.4. The third-order valence-corrected chi connectivity index (χ3v) is 7.70. The third-order valence-electron chi connectivity index (χ3n) is 7.70. The summed E-state index contributed by atoms with van der Waals surface area (Å²) in [6.07, 6.45) is -4.54. The van der Waals surface area contributed by atoms with Crippen molar-refractivity contribution in [2.24, 2.45) is 0 Å². The van der Waals surface area contributed by atoms with Gasteiger partial charge >= 0.3 is 6.18 Å². The molecule has 0 unspecified atom stereocenters. The monoisotopic (exact) mass is 581 g/mol. The van der Waals surface area contributed by atoms with E-state index in [9.17, 15) is 18.0 Å². The Morgan fingerprint density at radius 2 is 1.55 bits per heavy atom. The first-order chi connectivity index (χ1) is 19.6. The van der Waals surface area contributed by atoms with Gasteiger partial charge < -0.3 is 9.64 Å². The molecule has 3 aromatic carbocycles. The summed E-state index contributed by atoms with van der Waals surface area (Å²) in [5.74, 6) is 1.12. The number of aromatic nitrogens is 2. The zero-order chi connectivity index (χ0) is 31.1. The number of nitrogens with zero attached hydrogens (tertiary/aromatic N) is 4. The average Bonchev–Trinajstić information content (AvgIpc) is 3.24. The molecule has 0 saturated heterocycles. The maximum Gasteiger partial charge on any atom is 0.418 e. The number of rotatable bonds is 8. The molecule has 1 amide bonds. The molecule has 0 aliphatic rings. The van der Waals surface area contributed by atoms with Crippen LogP contribution in [0.3, 0.4) is 0 Å². The second-order valence-electron chi connectivity index (χ2n) is 11.9. The van der Waals surface area contributed by atoms with Gasteiger partial charge in [0.15, 0.2) is 5.82 Å². The summed E-state index contributed by atoms with van der Waals surface area (Å²) in [6.45, 7) is 12.2. The van der Waals surface area contributed by atoms with Crippen LogP contribution in [0, 0.1) is 13.8 Å². The van der Waals surface area contributed by atoms with Crippen LogP contribution >= 0.6 is 0 Å². The quantitative estimate of drug-likeness (QED) is 0.200. The number of aryl methyl sites for hydroxylation is 2. The van der Waals surface area contributed by atoms with Crippen molar-refractivity contribution in [3.8, 4) is 11.4 Å². The van der Waals surface area contributed by atoms with E-state index in [2.05, 4.69) is 4.98 Å². The smallest absolute Gasteiger partial charge is 0.418 e. The van der Waals surface area contributed by atoms with Gasteiger partial charge in [-0.2, -0.15) is 13.2 Å². The fourth-order valence-corrected chi connectivity index (χ4v) is 5.77. The first kappa shape index (κ1) is 31.1. The fourth-order valence-electron chi connectivity index (χ4n) is 5.77. The van der Waals surface area contributed by atoms with E-state index in [0.717, 1.165) is 22.9 Å². The normalized spacial score (nSPS) is 12.4. The molecule has 0 spiro atoms. The maximum atomic E-state index is 14.0. The van der Waals surface area contributed by atoms with E-state index in [1.165, 1.54) is 6.07 Å². The summed E-state index contributed by atoms with van der Waals surface area (Å²) in [5.41, 5.74) is 3.52. The number of para-hydroxylation sites is 1. The molecule has 9 heteroatoms. The number of carbonyl (C=O) groups is 1. The Bertz CT molecular complexity index is 1570. The van der Waals surface area contributed by atoms with Crippen LogP contribution in [0.2, 0.25) is 0 Å². The topological polar surface area (TPSA) is 47.4 Å². The van der Waals surface area contributed by atoms with E-state index in [-0.39, 0.29) is 23.5 Å². The van der Waals surface area contributed by atoms with Crippen molar-refractivity contribution in [3.05, 3.63) is 82.7 Å². The van der Waals surface area contributed by atoms with Gasteiger partial charge in [0.05, 0.1) is 32.3 Å². The number of ether oxygens (including phenoxy) is 1. The lowest BCUT2D eigenvalue weighted by Gasteiger charge is -2.33. The van der Waals surface area contributed by atoms with Crippen LogP contribution in [0.4, 0.5) is 18.9 Å². The predicted molar refractivity (Wildman–Crippen MR) is 162 cm³/mol. The van der Waals surface area contributed by atoms with Crippen molar-refractivity contribution >= 4 is 22.6 Å². The highest BCUT2D eigenvalue weighted by Gasteiger charge is 2.36. The molecule has 0 fully saturated rings. The van der Waals surface area contributed by atoms with Crippen molar-refractivity contribution < 1.29 is 22.7 Å². The van der Waals surface area contributed by atoms with Crippen LogP contribution in [0.5, 0.6) is 5.75 Å². The Balaban J connectivity index is 1.83. The van der Waals surface area contributed by atoms with E-state index in [4.69, 9.17) is 4.74 Å². The van der Waals surface area contributed by atoms with Crippen LogP contribution in [-0.2, 0) is 12.7 Å². The number of hydrogen-bond acceptors (Lipinski definition) is 3. The van der Waals surface area contributed by atoms with Gasteiger partial charge in [-0.3, -0.25) is 13.8 Å². The van der Waals surface area contributed by atoms with E-state index in [0.29, 0.717) is 39.4 Å². The first-order valence-electron chi connectivity index (χ1n) is 14.1. The number of alkyl halides is 3. The van der Waals surface area contributed by atoms with Crippen LogP contribution < -0.4 is 9.22 Å². The highest BCUT2D eigenvalue weighted by Crippen LogP contribution is 2.37. The van der Waals surface area contributed by atoms with Gasteiger partial charge in [0.25, 0.3) is 5.91 Å². The summed E-state index contributed by atoms with van der Waals surface area (Å²) in [4.78, 5) is 20.1. The molecule has 42 heavy (non-hydrogen) atoms. The minimum absolute atomic E-state index is 0.00663. The van der Waals surface area contributed by atoms with Crippen LogP contribution in [-0.4, -0.2) is 53.6 Å². The summed E-state index contributed by atoms with van der Waals surface area (Å²) in [5, 5.41) is 0. The van der Waals surface area contributed by atoms with E-state index < -0.39 is 11.7 Å². The SMILES string of the molecule is COc1ccc(-n2c(C[N+](C)(C)c3cc(C)c(C(=O)N(C(C)C)C(C)C)c(C)c3)nc3c(C(F)(F)F)cccc32)cc1. The number of benzene rings is 3. The number of halogens is 3. The molecular formula is C33H40F3N4O2+. The molecular weight excluding hydrogens is 541 g/mol. The van der Waals surface area contributed by atoms with Crippen LogP contribution in [0.25, 0.3) is 16.7 Å². The molecule has 0 N–H and O–H groups in total. The Morgan fingerprint density at radius 3 is 2.05 bits per heavy atom. The molecule has 4 rings (SSSR count). The molecule has 0 aliphatic heterocycles. The average molecular weight is 582 g/mol. The molecule has 0 atom stereocenters. The molecule has 1 heterocycles. The number of hydrogen-bond donors (Lipinski definition) is 0. The van der Waals surface area contributed by atoms with Crippen molar-refractivity contribution in [1.82, 2.24) is 18.9 Å². The molecule has 0 radical (unpaired) electrons. The molecule has 0 saturated carbocycles. The maximum absolute atomic E-state index is 14.0. The van der Waals surface area contributed by atoms with Crippen LogP contribution in [0.1, 0.15) is 60.6 Å². The van der Waals surface area contributed by atoms with Gasteiger partial charge in [-0.15, -0.1) is 0 Å². The van der Waals surface area contributed by atoms with E-state index >= 15 is 0 Å². The van der Waals surface area contributed by atoms with Gasteiger partial charge in [-0.1, -0.05) is 6.07 Å². The van der Waals surface area contributed by atoms with Crippen molar-refractivity contribution in [2.45, 2.75) is 66.3 Å². The molecule has 0 aliphatic carbocycles. The zero-order valence-corrected chi connectivity index (χ0v) is 25.8. The lowest BCUT2D eigenvalue weighted by atomic mass is 9.98. The number of imidazole rings is 1. The van der Waals surface area contributed by atoms with Gasteiger partial charge in [0.1, 0.15) is 23.5 Å². The van der Waals surface area contributed by atoms with E-state index in [1.807, 2.05) is 84.8 Å². The lowest BCUT2D eigenvalue weighted by molar-refractivity contribution is -0.136. The fraction of sp³-hybridized carbons (Fsp3) is 0.394. The van der Waals surface area contributed by atoms with Gasteiger partial charge in [-0.25, -0.2) is 4.98 Å². The zero-order valence-electron chi connectivity index (χ0n) is 25.8. The minimum Gasteiger partial charge on any atom is -0.497 e. The molecule has 0 bridgehead atoms. The minimum atomic E-state index is -4.54. The highest BCUT2D eigenvalue weighted by atomic mass is 19.4. The first-order valence-corrected chi connectivity index (χ1v) is 14.1. The Hall–Kier alpha value is -3.85. The Kier molecular flexibility index (Phi) is 8.47.